The van der Waals surface area contributed by atoms with Crippen LogP contribution in [0.3, 0.4) is 0 Å². The fourth-order valence-corrected chi connectivity index (χ4v) is 3.14. The van der Waals surface area contributed by atoms with Gasteiger partial charge in [0.25, 0.3) is 5.91 Å². The van der Waals surface area contributed by atoms with Gasteiger partial charge in [0.15, 0.2) is 0 Å². The zero-order valence-corrected chi connectivity index (χ0v) is 15.0. The highest BCUT2D eigenvalue weighted by atomic mass is 19.1. The zero-order valence-electron chi connectivity index (χ0n) is 15.0. The largest absolute Gasteiger partial charge is 0.367 e. The predicted molar refractivity (Wildman–Crippen MR) is 98.4 cm³/mol. The number of anilines is 1. The lowest BCUT2D eigenvalue weighted by Gasteiger charge is -2.34. The molecule has 1 heterocycles. The fourth-order valence-electron chi connectivity index (χ4n) is 3.14. The number of halogens is 2. The van der Waals surface area contributed by atoms with Crippen LogP contribution >= 0.6 is 0 Å². The van der Waals surface area contributed by atoms with Crippen molar-refractivity contribution in [2.45, 2.75) is 13.0 Å². The molecule has 1 atom stereocenters. The average Bonchev–Trinajstić information content (AvgIpc) is 2.62. The summed E-state index contributed by atoms with van der Waals surface area (Å²) < 4.78 is 28.3. The average molecular weight is 359 g/mol. The topological polar surface area (TPSA) is 35.6 Å². The number of nitrogens with one attached hydrogen (secondary N) is 1. The molecule has 0 saturated carbocycles. The standard InChI is InChI=1S/C20H23F2N3O/c1-14(16-5-3-4-6-17(16)21)23-20(26)15-7-8-19(18(22)13-15)25-11-9-24(2)10-12-25/h3-8,13-14H,9-12H2,1-2H3,(H,23,26)/t14-/m1/s1. The molecular weight excluding hydrogens is 336 g/mol. The first kappa shape index (κ1) is 18.3. The summed E-state index contributed by atoms with van der Waals surface area (Å²) in [5, 5.41) is 2.72. The van der Waals surface area contributed by atoms with Gasteiger partial charge in [0.05, 0.1) is 11.7 Å². The Kier molecular flexibility index (Phi) is 5.52. The summed E-state index contributed by atoms with van der Waals surface area (Å²) in [6, 6.07) is 10.3. The monoisotopic (exact) mass is 359 g/mol. The molecule has 4 nitrogen and oxygen atoms in total. The minimum Gasteiger partial charge on any atom is -0.367 e. The van der Waals surface area contributed by atoms with Crippen molar-refractivity contribution in [2.24, 2.45) is 0 Å². The van der Waals surface area contributed by atoms with Crippen molar-refractivity contribution >= 4 is 11.6 Å². The highest BCUT2D eigenvalue weighted by Crippen LogP contribution is 2.23. The molecule has 0 bridgehead atoms. The molecule has 1 aliphatic heterocycles. The van der Waals surface area contributed by atoms with E-state index >= 15 is 0 Å². The van der Waals surface area contributed by atoms with Crippen LogP contribution in [0.5, 0.6) is 0 Å². The Morgan fingerprint density at radius 2 is 1.73 bits per heavy atom. The molecule has 1 amide bonds. The van der Waals surface area contributed by atoms with E-state index in [0.29, 0.717) is 11.3 Å². The first-order valence-corrected chi connectivity index (χ1v) is 8.74. The second-order valence-electron chi connectivity index (χ2n) is 6.67. The van der Waals surface area contributed by atoms with Crippen molar-refractivity contribution in [3.8, 4) is 0 Å². The van der Waals surface area contributed by atoms with E-state index < -0.39 is 17.8 Å². The van der Waals surface area contributed by atoms with E-state index in [2.05, 4.69) is 10.2 Å². The van der Waals surface area contributed by atoms with Crippen LogP contribution in [0.4, 0.5) is 14.5 Å². The van der Waals surface area contributed by atoms with Crippen LogP contribution in [-0.4, -0.2) is 44.0 Å². The van der Waals surface area contributed by atoms with E-state index in [1.54, 1.807) is 37.3 Å². The highest BCUT2D eigenvalue weighted by molar-refractivity contribution is 5.94. The van der Waals surface area contributed by atoms with E-state index in [-0.39, 0.29) is 11.4 Å². The number of rotatable bonds is 4. The van der Waals surface area contributed by atoms with Crippen LogP contribution in [0.2, 0.25) is 0 Å². The third kappa shape index (κ3) is 4.02. The lowest BCUT2D eigenvalue weighted by atomic mass is 10.1. The molecule has 1 N–H and O–H groups in total. The molecule has 0 aromatic heterocycles. The van der Waals surface area contributed by atoms with E-state index in [1.807, 2.05) is 11.9 Å². The van der Waals surface area contributed by atoms with Gasteiger partial charge in [-0.25, -0.2) is 8.78 Å². The molecule has 1 aliphatic rings. The second kappa shape index (κ2) is 7.83. The minimum absolute atomic E-state index is 0.226. The number of likely N-dealkylation sites (N-methyl/N-ethyl adjacent to an activating group) is 1. The van der Waals surface area contributed by atoms with Gasteiger partial charge in [0.2, 0.25) is 0 Å². The van der Waals surface area contributed by atoms with E-state index in [9.17, 15) is 13.6 Å². The molecule has 26 heavy (non-hydrogen) atoms. The maximum atomic E-state index is 14.5. The number of hydrogen-bond donors (Lipinski definition) is 1. The Morgan fingerprint density at radius 3 is 2.38 bits per heavy atom. The molecule has 0 unspecified atom stereocenters. The van der Waals surface area contributed by atoms with Crippen LogP contribution in [0.25, 0.3) is 0 Å². The quantitative estimate of drug-likeness (QED) is 0.911. The van der Waals surface area contributed by atoms with Gasteiger partial charge in [-0.3, -0.25) is 4.79 Å². The van der Waals surface area contributed by atoms with Crippen LogP contribution in [0, 0.1) is 11.6 Å². The molecule has 138 valence electrons. The van der Waals surface area contributed by atoms with Gasteiger partial charge < -0.3 is 15.1 Å². The van der Waals surface area contributed by atoms with Crippen molar-refractivity contribution in [2.75, 3.05) is 38.1 Å². The smallest absolute Gasteiger partial charge is 0.251 e. The molecule has 0 spiro atoms. The Bertz CT molecular complexity index is 788. The Balaban J connectivity index is 1.70. The van der Waals surface area contributed by atoms with Crippen molar-refractivity contribution in [1.29, 1.82) is 0 Å². The summed E-state index contributed by atoms with van der Waals surface area (Å²) in [5.41, 5.74) is 1.13. The van der Waals surface area contributed by atoms with Gasteiger partial charge in [-0.05, 0) is 38.2 Å². The fraction of sp³-hybridized carbons (Fsp3) is 0.350. The van der Waals surface area contributed by atoms with Crippen molar-refractivity contribution in [1.82, 2.24) is 10.2 Å². The van der Waals surface area contributed by atoms with Gasteiger partial charge in [-0.15, -0.1) is 0 Å². The first-order chi connectivity index (χ1) is 12.5. The lowest BCUT2D eigenvalue weighted by molar-refractivity contribution is 0.0939. The van der Waals surface area contributed by atoms with Gasteiger partial charge in [-0.2, -0.15) is 0 Å². The maximum absolute atomic E-state index is 14.5. The third-order valence-electron chi connectivity index (χ3n) is 4.77. The van der Waals surface area contributed by atoms with Crippen LogP contribution in [-0.2, 0) is 0 Å². The van der Waals surface area contributed by atoms with Crippen LogP contribution in [0.1, 0.15) is 28.9 Å². The van der Waals surface area contributed by atoms with Crippen molar-refractivity contribution in [3.05, 3.63) is 65.2 Å². The first-order valence-electron chi connectivity index (χ1n) is 8.74. The number of carbonyl (C=O) groups excluding carboxylic acids is 1. The van der Waals surface area contributed by atoms with Crippen LogP contribution < -0.4 is 10.2 Å². The molecule has 2 aromatic carbocycles. The Labute approximate surface area is 152 Å². The van der Waals surface area contributed by atoms with E-state index in [0.717, 1.165) is 26.2 Å². The summed E-state index contributed by atoms with van der Waals surface area (Å²) in [6.07, 6.45) is 0. The van der Waals surface area contributed by atoms with Crippen molar-refractivity contribution in [3.63, 3.8) is 0 Å². The zero-order chi connectivity index (χ0) is 18.7. The number of carbonyl (C=O) groups is 1. The number of benzene rings is 2. The molecule has 0 radical (unpaired) electrons. The van der Waals surface area contributed by atoms with Gasteiger partial charge in [0, 0.05) is 37.3 Å². The Morgan fingerprint density at radius 1 is 1.04 bits per heavy atom. The van der Waals surface area contributed by atoms with E-state index in [4.69, 9.17) is 0 Å². The minimum atomic E-state index is -0.510. The second-order valence-corrected chi connectivity index (χ2v) is 6.67. The van der Waals surface area contributed by atoms with Crippen molar-refractivity contribution < 1.29 is 13.6 Å². The van der Waals surface area contributed by atoms with Gasteiger partial charge in [0.1, 0.15) is 11.6 Å². The Hall–Kier alpha value is -2.47. The number of hydrogen-bond acceptors (Lipinski definition) is 3. The predicted octanol–water partition coefficient (Wildman–Crippen LogP) is 3.21. The summed E-state index contributed by atoms with van der Waals surface area (Å²) in [6.45, 7) is 4.96. The molecule has 1 fully saturated rings. The van der Waals surface area contributed by atoms with Gasteiger partial charge in [-0.1, -0.05) is 18.2 Å². The molecule has 3 rings (SSSR count). The molecular formula is C20H23F2N3O. The number of amides is 1. The summed E-state index contributed by atoms with van der Waals surface area (Å²) in [5.74, 6) is -1.22. The lowest BCUT2D eigenvalue weighted by Crippen LogP contribution is -2.44. The SMILES string of the molecule is C[C@@H](NC(=O)c1ccc(N2CCN(C)CC2)c(F)c1)c1ccccc1F. The normalized spacial score (nSPS) is 16.4. The summed E-state index contributed by atoms with van der Waals surface area (Å²) >= 11 is 0. The summed E-state index contributed by atoms with van der Waals surface area (Å²) in [4.78, 5) is 16.6. The molecule has 2 aromatic rings. The third-order valence-corrected chi connectivity index (χ3v) is 4.77. The molecule has 6 heteroatoms. The highest BCUT2D eigenvalue weighted by Gasteiger charge is 2.20. The molecule has 0 aliphatic carbocycles. The van der Waals surface area contributed by atoms with E-state index in [1.165, 1.54) is 12.1 Å². The maximum Gasteiger partial charge on any atom is 0.251 e. The van der Waals surface area contributed by atoms with Crippen LogP contribution in [0.15, 0.2) is 42.5 Å². The number of piperazine rings is 1. The van der Waals surface area contributed by atoms with Gasteiger partial charge >= 0.3 is 0 Å². The number of nitrogens with zero attached hydrogens (tertiary/aromatic N) is 2. The molecule has 1 saturated heterocycles. The summed E-state index contributed by atoms with van der Waals surface area (Å²) in [7, 11) is 2.04.